The Kier molecular flexibility index (Phi) is 4.28. The van der Waals surface area contributed by atoms with E-state index in [1.54, 1.807) is 38.0 Å². The number of β-amino-alcohol motifs (C(OH)–C–C–N with tert-alkyl or cyclic N) is 1. The largest absolute Gasteiger partial charge is 0.386 e. The maximum Gasteiger partial charge on any atom is 0.256 e. The molecule has 4 rings (SSSR count). The third-order valence-corrected chi connectivity index (χ3v) is 4.95. The smallest absolute Gasteiger partial charge is 0.256 e. The van der Waals surface area contributed by atoms with Crippen molar-refractivity contribution in [3.63, 3.8) is 0 Å². The van der Waals surface area contributed by atoms with Gasteiger partial charge in [-0.05, 0) is 19.3 Å². The first kappa shape index (κ1) is 16.8. The van der Waals surface area contributed by atoms with Crippen molar-refractivity contribution in [3.8, 4) is 0 Å². The second kappa shape index (κ2) is 6.60. The van der Waals surface area contributed by atoms with E-state index >= 15 is 0 Å². The number of anilines is 1. The first-order chi connectivity index (χ1) is 12.5. The number of rotatable bonds is 5. The van der Waals surface area contributed by atoms with Crippen LogP contribution in [0.5, 0.6) is 0 Å². The van der Waals surface area contributed by atoms with E-state index in [0.717, 1.165) is 24.5 Å². The Labute approximate surface area is 151 Å². The molecule has 1 aliphatic carbocycles. The van der Waals surface area contributed by atoms with Gasteiger partial charge in [-0.1, -0.05) is 0 Å². The Balaban J connectivity index is 1.39. The second-order valence-electron chi connectivity index (χ2n) is 7.22. The quantitative estimate of drug-likeness (QED) is 0.851. The Morgan fingerprint density at radius 1 is 1.27 bits per heavy atom. The molecule has 2 fully saturated rings. The van der Waals surface area contributed by atoms with Gasteiger partial charge in [0.05, 0.1) is 18.3 Å². The zero-order valence-corrected chi connectivity index (χ0v) is 14.7. The Morgan fingerprint density at radius 3 is 2.69 bits per heavy atom. The second-order valence-corrected chi connectivity index (χ2v) is 7.22. The molecular formula is C18H22N6O2. The molecular weight excluding hydrogens is 332 g/mol. The highest BCUT2D eigenvalue weighted by atomic mass is 16.3. The normalized spacial score (nSPS) is 22.5. The Morgan fingerprint density at radius 2 is 2.04 bits per heavy atom. The molecule has 0 bridgehead atoms. The molecule has 0 spiro atoms. The van der Waals surface area contributed by atoms with Crippen LogP contribution in [-0.2, 0) is 0 Å². The van der Waals surface area contributed by atoms with E-state index < -0.39 is 5.60 Å². The van der Waals surface area contributed by atoms with Crippen molar-refractivity contribution in [2.75, 3.05) is 31.6 Å². The van der Waals surface area contributed by atoms with E-state index in [-0.39, 0.29) is 12.5 Å². The molecule has 1 atom stereocenters. The van der Waals surface area contributed by atoms with Crippen LogP contribution >= 0.6 is 0 Å². The van der Waals surface area contributed by atoms with Gasteiger partial charge in [-0.3, -0.25) is 9.78 Å². The number of nitrogens with zero attached hydrogens (tertiary/aromatic N) is 6. The number of carbonyl (C=O) groups is 1. The SMILES string of the molecule is CN(C[C@@]1(O)CCN(c2cnccn2)C1)C(=O)c1cnc(C2CC2)nc1. The van der Waals surface area contributed by atoms with Crippen LogP contribution in [-0.4, -0.2) is 68.1 Å². The fraction of sp³-hybridized carbons (Fsp3) is 0.500. The molecule has 0 unspecified atom stereocenters. The van der Waals surface area contributed by atoms with Crippen LogP contribution in [0.25, 0.3) is 0 Å². The lowest BCUT2D eigenvalue weighted by atomic mass is 10.0. The minimum Gasteiger partial charge on any atom is -0.386 e. The lowest BCUT2D eigenvalue weighted by molar-refractivity contribution is 0.0264. The molecule has 0 radical (unpaired) electrons. The van der Waals surface area contributed by atoms with Crippen molar-refractivity contribution < 1.29 is 9.90 Å². The summed E-state index contributed by atoms with van der Waals surface area (Å²) in [7, 11) is 1.69. The predicted octanol–water partition coefficient (Wildman–Crippen LogP) is 0.857. The molecule has 136 valence electrons. The summed E-state index contributed by atoms with van der Waals surface area (Å²) >= 11 is 0. The van der Waals surface area contributed by atoms with Crippen LogP contribution in [0.15, 0.2) is 31.0 Å². The Hall–Kier alpha value is -2.61. The van der Waals surface area contributed by atoms with Crippen molar-refractivity contribution in [1.29, 1.82) is 0 Å². The lowest BCUT2D eigenvalue weighted by Crippen LogP contribution is -2.46. The molecule has 3 heterocycles. The average molecular weight is 354 g/mol. The predicted molar refractivity (Wildman–Crippen MR) is 94.8 cm³/mol. The van der Waals surface area contributed by atoms with Crippen molar-refractivity contribution in [3.05, 3.63) is 42.4 Å². The van der Waals surface area contributed by atoms with Gasteiger partial charge in [0.25, 0.3) is 5.91 Å². The van der Waals surface area contributed by atoms with E-state index in [1.807, 2.05) is 4.90 Å². The van der Waals surface area contributed by atoms with E-state index in [2.05, 4.69) is 19.9 Å². The molecule has 1 amide bonds. The number of amides is 1. The molecule has 2 aromatic heterocycles. The standard InChI is InChI=1S/C18H22N6O2/c1-23(17(25)14-8-21-16(22-9-14)13-2-3-13)11-18(26)4-7-24(12-18)15-10-19-5-6-20-15/h5-6,8-10,13,26H,2-4,7,11-12H2,1H3/t18-/m0/s1. The zero-order valence-electron chi connectivity index (χ0n) is 14.7. The number of aliphatic hydroxyl groups is 1. The number of aromatic nitrogens is 4. The highest BCUT2D eigenvalue weighted by Crippen LogP contribution is 2.37. The van der Waals surface area contributed by atoms with Crippen LogP contribution in [0.3, 0.4) is 0 Å². The number of hydrogen-bond acceptors (Lipinski definition) is 7. The van der Waals surface area contributed by atoms with Crippen molar-refractivity contribution in [2.45, 2.75) is 30.8 Å². The maximum atomic E-state index is 12.6. The minimum atomic E-state index is -0.975. The van der Waals surface area contributed by atoms with Gasteiger partial charge >= 0.3 is 0 Å². The van der Waals surface area contributed by atoms with Gasteiger partial charge < -0.3 is 14.9 Å². The van der Waals surface area contributed by atoms with Crippen molar-refractivity contribution >= 4 is 11.7 Å². The maximum absolute atomic E-state index is 12.6. The van der Waals surface area contributed by atoms with Crippen LogP contribution in [0.4, 0.5) is 5.82 Å². The Bertz CT molecular complexity index is 780. The summed E-state index contributed by atoms with van der Waals surface area (Å²) < 4.78 is 0. The first-order valence-corrected chi connectivity index (χ1v) is 8.85. The van der Waals surface area contributed by atoms with Crippen molar-refractivity contribution in [2.24, 2.45) is 0 Å². The third-order valence-electron chi connectivity index (χ3n) is 4.95. The molecule has 0 aromatic carbocycles. The monoisotopic (exact) mass is 354 g/mol. The highest BCUT2D eigenvalue weighted by Gasteiger charge is 2.38. The lowest BCUT2D eigenvalue weighted by Gasteiger charge is -2.29. The van der Waals surface area contributed by atoms with Crippen LogP contribution in [0.2, 0.25) is 0 Å². The van der Waals surface area contributed by atoms with E-state index in [9.17, 15) is 9.90 Å². The van der Waals surface area contributed by atoms with Gasteiger partial charge in [-0.2, -0.15) is 0 Å². The van der Waals surface area contributed by atoms with Gasteiger partial charge in [0.2, 0.25) is 0 Å². The summed E-state index contributed by atoms with van der Waals surface area (Å²) in [6.45, 7) is 1.34. The van der Waals surface area contributed by atoms with E-state index in [1.165, 1.54) is 4.90 Å². The summed E-state index contributed by atoms with van der Waals surface area (Å²) in [5, 5.41) is 10.9. The van der Waals surface area contributed by atoms with Gasteiger partial charge in [0.1, 0.15) is 17.2 Å². The third kappa shape index (κ3) is 3.50. The fourth-order valence-corrected chi connectivity index (χ4v) is 3.37. The topological polar surface area (TPSA) is 95.3 Å². The van der Waals surface area contributed by atoms with Crippen molar-refractivity contribution in [1.82, 2.24) is 24.8 Å². The molecule has 1 saturated carbocycles. The summed E-state index contributed by atoms with van der Waals surface area (Å²) in [6.07, 6.45) is 10.9. The summed E-state index contributed by atoms with van der Waals surface area (Å²) in [5.74, 6) is 1.83. The molecule has 2 aromatic rings. The van der Waals surface area contributed by atoms with Crippen LogP contribution in [0.1, 0.15) is 41.4 Å². The molecule has 8 heteroatoms. The average Bonchev–Trinajstić information content (AvgIpc) is 3.44. The molecule has 1 aliphatic heterocycles. The number of carbonyl (C=O) groups excluding carboxylic acids is 1. The highest BCUT2D eigenvalue weighted by molar-refractivity contribution is 5.93. The van der Waals surface area contributed by atoms with Gasteiger partial charge in [-0.25, -0.2) is 15.0 Å². The molecule has 26 heavy (non-hydrogen) atoms. The fourth-order valence-electron chi connectivity index (χ4n) is 3.37. The van der Waals surface area contributed by atoms with Gasteiger partial charge in [-0.15, -0.1) is 0 Å². The number of likely N-dealkylation sites (N-methyl/N-ethyl adjacent to an activating group) is 1. The van der Waals surface area contributed by atoms with E-state index in [4.69, 9.17) is 0 Å². The molecule has 2 aliphatic rings. The van der Waals surface area contributed by atoms with Crippen LogP contribution < -0.4 is 4.90 Å². The van der Waals surface area contributed by atoms with Gasteiger partial charge in [0, 0.05) is 50.8 Å². The summed E-state index contributed by atoms with van der Waals surface area (Å²) in [4.78, 5) is 33.1. The first-order valence-electron chi connectivity index (χ1n) is 8.85. The molecule has 1 N–H and O–H groups in total. The summed E-state index contributed by atoms with van der Waals surface area (Å²) in [5.41, 5.74) is -0.527. The van der Waals surface area contributed by atoms with Crippen LogP contribution in [0, 0.1) is 0 Å². The van der Waals surface area contributed by atoms with E-state index in [0.29, 0.717) is 31.0 Å². The molecule has 8 nitrogen and oxygen atoms in total. The number of hydrogen-bond donors (Lipinski definition) is 1. The zero-order chi connectivity index (χ0) is 18.1. The summed E-state index contributed by atoms with van der Waals surface area (Å²) in [6, 6.07) is 0. The van der Waals surface area contributed by atoms with Gasteiger partial charge in [0.15, 0.2) is 0 Å². The molecule has 1 saturated heterocycles. The minimum absolute atomic E-state index is 0.182.